The summed E-state index contributed by atoms with van der Waals surface area (Å²) in [6, 6.07) is 5.74. The van der Waals surface area contributed by atoms with Crippen LogP contribution in [0.15, 0.2) is 32.9 Å². The van der Waals surface area contributed by atoms with Gasteiger partial charge in [-0.25, -0.2) is 0 Å². The second-order valence-electron chi connectivity index (χ2n) is 3.81. The first-order valence-electron chi connectivity index (χ1n) is 4.93. The number of nitrogens with two attached hydrogens (primary N) is 1. The lowest BCUT2D eigenvalue weighted by Gasteiger charge is -2.18. The Morgan fingerprint density at radius 3 is 2.81 bits per heavy atom. The largest absolute Gasteiger partial charge is 0.386 e. The van der Waals surface area contributed by atoms with Gasteiger partial charge in [0.2, 0.25) is 0 Å². The Labute approximate surface area is 108 Å². The highest BCUT2D eigenvalue weighted by molar-refractivity contribution is 9.10. The molecule has 3 nitrogen and oxygen atoms in total. The smallest absolute Gasteiger partial charge is 0.123 e. The van der Waals surface area contributed by atoms with Crippen LogP contribution in [0.25, 0.3) is 0 Å². The van der Waals surface area contributed by atoms with Crippen LogP contribution in [-0.2, 0) is 0 Å². The van der Waals surface area contributed by atoms with Crippen LogP contribution >= 0.6 is 27.5 Å². The highest BCUT2D eigenvalue weighted by atomic mass is 79.9. The maximum absolute atomic E-state index is 6.17. The zero-order valence-corrected chi connectivity index (χ0v) is 11.1. The summed E-state index contributed by atoms with van der Waals surface area (Å²) in [4.78, 5) is 0. The van der Waals surface area contributed by atoms with Crippen molar-refractivity contribution in [2.45, 2.75) is 13.3 Å². The Morgan fingerprint density at radius 1 is 1.44 bits per heavy atom. The van der Waals surface area contributed by atoms with Crippen molar-refractivity contribution in [3.05, 3.63) is 33.3 Å². The third-order valence-corrected chi connectivity index (χ3v) is 3.28. The van der Waals surface area contributed by atoms with Crippen molar-refractivity contribution < 1.29 is 0 Å². The van der Waals surface area contributed by atoms with Crippen molar-refractivity contribution in [1.29, 1.82) is 0 Å². The average molecular weight is 301 g/mol. The van der Waals surface area contributed by atoms with E-state index in [-0.39, 0.29) is 5.92 Å². The predicted molar refractivity (Wildman–Crippen MR) is 71.1 cm³/mol. The monoisotopic (exact) mass is 299 g/mol. The molecule has 1 aromatic rings. The molecular weight excluding hydrogens is 289 g/mol. The predicted octanol–water partition coefficient (Wildman–Crippen LogP) is 3.20. The van der Waals surface area contributed by atoms with Crippen LogP contribution in [0.4, 0.5) is 0 Å². The van der Waals surface area contributed by atoms with Gasteiger partial charge < -0.3 is 5.73 Å². The first-order valence-corrected chi connectivity index (χ1v) is 6.10. The van der Waals surface area contributed by atoms with Gasteiger partial charge in [0.1, 0.15) is 5.84 Å². The molecule has 0 aliphatic carbocycles. The summed E-state index contributed by atoms with van der Waals surface area (Å²) in [5, 5.41) is 8.72. The number of nitrogens with zero attached hydrogens (tertiary/aromatic N) is 2. The van der Waals surface area contributed by atoms with Crippen molar-refractivity contribution in [2.75, 3.05) is 0 Å². The van der Waals surface area contributed by atoms with Gasteiger partial charge in [-0.3, -0.25) is 0 Å². The zero-order chi connectivity index (χ0) is 11.7. The summed E-state index contributed by atoms with van der Waals surface area (Å²) in [6.45, 7) is 2.07. The van der Waals surface area contributed by atoms with Crippen LogP contribution in [0.5, 0.6) is 0 Å². The molecule has 16 heavy (non-hydrogen) atoms. The van der Waals surface area contributed by atoms with E-state index in [9.17, 15) is 0 Å². The zero-order valence-electron chi connectivity index (χ0n) is 8.74. The van der Waals surface area contributed by atoms with Gasteiger partial charge in [0.05, 0.1) is 10.7 Å². The molecular formula is C11H11BrClN3. The summed E-state index contributed by atoms with van der Waals surface area (Å²) >= 11 is 9.55. The molecule has 0 amide bonds. The molecule has 84 valence electrons. The Bertz CT molecular complexity index is 482. The standard InChI is InChI=1S/C11H11BrClN3/c1-6-4-10(14)15-16-11(6)8-3-2-7(12)5-9(8)13/h2-3,5-6H,4H2,1H3,(H2,14,15). The third kappa shape index (κ3) is 2.28. The molecule has 5 heteroatoms. The van der Waals surface area contributed by atoms with Crippen LogP contribution in [0.2, 0.25) is 5.02 Å². The van der Waals surface area contributed by atoms with Crippen molar-refractivity contribution in [3.8, 4) is 0 Å². The van der Waals surface area contributed by atoms with Gasteiger partial charge >= 0.3 is 0 Å². The molecule has 1 aliphatic heterocycles. The third-order valence-electron chi connectivity index (χ3n) is 2.48. The molecule has 2 rings (SSSR count). The summed E-state index contributed by atoms with van der Waals surface area (Å²) in [7, 11) is 0. The lowest BCUT2D eigenvalue weighted by molar-refractivity contribution is 0.783. The van der Waals surface area contributed by atoms with E-state index in [4.69, 9.17) is 17.3 Å². The summed E-state index contributed by atoms with van der Waals surface area (Å²) in [5.74, 6) is 0.820. The first kappa shape index (κ1) is 11.6. The molecule has 1 aliphatic rings. The van der Waals surface area contributed by atoms with E-state index in [1.54, 1.807) is 0 Å². The van der Waals surface area contributed by atoms with E-state index in [0.29, 0.717) is 10.9 Å². The quantitative estimate of drug-likeness (QED) is 0.850. The van der Waals surface area contributed by atoms with Crippen LogP contribution in [0, 0.1) is 5.92 Å². The molecule has 0 radical (unpaired) electrons. The molecule has 0 aromatic heterocycles. The van der Waals surface area contributed by atoms with Crippen molar-refractivity contribution in [1.82, 2.24) is 0 Å². The van der Waals surface area contributed by atoms with Crippen LogP contribution in [-0.4, -0.2) is 11.5 Å². The second-order valence-corrected chi connectivity index (χ2v) is 5.13. The molecule has 0 spiro atoms. The molecule has 2 N–H and O–H groups in total. The average Bonchev–Trinajstić information content (AvgIpc) is 2.19. The normalized spacial score (nSPS) is 20.3. The summed E-state index contributed by atoms with van der Waals surface area (Å²) in [5.41, 5.74) is 7.45. The summed E-state index contributed by atoms with van der Waals surface area (Å²) in [6.07, 6.45) is 0.727. The topological polar surface area (TPSA) is 50.7 Å². The Balaban J connectivity index is 2.44. The van der Waals surface area contributed by atoms with Crippen molar-refractivity contribution in [3.63, 3.8) is 0 Å². The minimum atomic E-state index is 0.246. The Hall–Kier alpha value is -0.870. The molecule has 1 heterocycles. The van der Waals surface area contributed by atoms with Gasteiger partial charge in [-0.15, -0.1) is 5.10 Å². The van der Waals surface area contributed by atoms with Gasteiger partial charge in [-0.1, -0.05) is 40.5 Å². The van der Waals surface area contributed by atoms with E-state index in [1.807, 2.05) is 18.2 Å². The van der Waals surface area contributed by atoms with Gasteiger partial charge in [-0.2, -0.15) is 5.10 Å². The first-order chi connectivity index (χ1) is 7.58. The molecule has 0 saturated heterocycles. The number of halogens is 2. The van der Waals surface area contributed by atoms with Crippen molar-refractivity contribution >= 4 is 39.1 Å². The van der Waals surface area contributed by atoms with E-state index >= 15 is 0 Å². The van der Waals surface area contributed by atoms with E-state index in [1.165, 1.54) is 0 Å². The van der Waals surface area contributed by atoms with E-state index < -0.39 is 0 Å². The number of amidine groups is 1. The SMILES string of the molecule is CC1CC(N)=NN=C1c1ccc(Br)cc1Cl. The van der Waals surface area contributed by atoms with Gasteiger partial charge in [-0.05, 0) is 12.1 Å². The molecule has 1 atom stereocenters. The van der Waals surface area contributed by atoms with E-state index in [0.717, 1.165) is 22.2 Å². The molecule has 0 saturated carbocycles. The maximum Gasteiger partial charge on any atom is 0.123 e. The van der Waals surface area contributed by atoms with Crippen LogP contribution in [0.3, 0.4) is 0 Å². The highest BCUT2D eigenvalue weighted by Crippen LogP contribution is 2.26. The Kier molecular flexibility index (Phi) is 3.30. The van der Waals surface area contributed by atoms with E-state index in [2.05, 4.69) is 33.1 Å². The van der Waals surface area contributed by atoms with Crippen LogP contribution in [0.1, 0.15) is 18.9 Å². The number of hydrogen-bond acceptors (Lipinski definition) is 3. The fraction of sp³-hybridized carbons (Fsp3) is 0.273. The fourth-order valence-electron chi connectivity index (χ4n) is 1.68. The second kappa shape index (κ2) is 4.55. The summed E-state index contributed by atoms with van der Waals surface area (Å²) < 4.78 is 0.952. The molecule has 1 aromatic carbocycles. The molecule has 0 bridgehead atoms. The Morgan fingerprint density at radius 2 is 2.19 bits per heavy atom. The van der Waals surface area contributed by atoms with Gasteiger partial charge in [0.15, 0.2) is 0 Å². The number of rotatable bonds is 1. The minimum Gasteiger partial charge on any atom is -0.386 e. The van der Waals surface area contributed by atoms with Crippen LogP contribution < -0.4 is 5.73 Å². The maximum atomic E-state index is 6.17. The minimum absolute atomic E-state index is 0.246. The fourth-order valence-corrected chi connectivity index (χ4v) is 2.45. The molecule has 1 unspecified atom stereocenters. The lowest BCUT2D eigenvalue weighted by atomic mass is 9.94. The van der Waals surface area contributed by atoms with Crippen molar-refractivity contribution in [2.24, 2.45) is 21.9 Å². The lowest BCUT2D eigenvalue weighted by Crippen LogP contribution is -2.25. The number of benzene rings is 1. The highest BCUT2D eigenvalue weighted by Gasteiger charge is 2.20. The number of hydrogen-bond donors (Lipinski definition) is 1. The van der Waals surface area contributed by atoms with Gasteiger partial charge in [0, 0.05) is 22.4 Å². The van der Waals surface area contributed by atoms with Gasteiger partial charge in [0.25, 0.3) is 0 Å². The molecule has 0 fully saturated rings.